The number of carbonyl (C=O) groups excluding carboxylic acids is 1. The summed E-state index contributed by atoms with van der Waals surface area (Å²) >= 11 is 0. The van der Waals surface area contributed by atoms with Crippen LogP contribution in [0.3, 0.4) is 0 Å². The Morgan fingerprint density at radius 3 is 2.32 bits per heavy atom. The second kappa shape index (κ2) is 5.70. The highest BCUT2D eigenvalue weighted by Crippen LogP contribution is 2.16. The minimum absolute atomic E-state index is 0.0258. The molecule has 0 fully saturated rings. The van der Waals surface area contributed by atoms with Crippen molar-refractivity contribution in [3.05, 3.63) is 65.2 Å². The second-order valence-corrected chi connectivity index (χ2v) is 5.25. The van der Waals surface area contributed by atoms with Crippen molar-refractivity contribution in [2.45, 2.75) is 20.3 Å². The van der Waals surface area contributed by atoms with Gasteiger partial charge in [-0.05, 0) is 36.1 Å². The number of hydrogen-bond donors (Lipinski definition) is 1. The van der Waals surface area contributed by atoms with Crippen LogP contribution in [0, 0.1) is 5.92 Å². The van der Waals surface area contributed by atoms with Crippen LogP contribution in [0.15, 0.2) is 48.5 Å². The van der Waals surface area contributed by atoms with Crippen LogP contribution in [0.5, 0.6) is 0 Å². The zero-order chi connectivity index (χ0) is 13.8. The molecule has 0 radical (unpaired) electrons. The van der Waals surface area contributed by atoms with Gasteiger partial charge in [-0.1, -0.05) is 44.2 Å². The molecule has 0 aromatic heterocycles. The topological polar surface area (TPSA) is 43.1 Å². The third-order valence-electron chi connectivity index (χ3n) is 2.98. The molecular weight excluding hydrogens is 234 g/mol. The largest absolute Gasteiger partial charge is 0.399 e. The number of nitrogens with two attached hydrogens (primary N) is 1. The Morgan fingerprint density at radius 2 is 1.68 bits per heavy atom. The maximum atomic E-state index is 12.4. The van der Waals surface area contributed by atoms with Gasteiger partial charge in [0.2, 0.25) is 0 Å². The van der Waals surface area contributed by atoms with E-state index >= 15 is 0 Å². The van der Waals surface area contributed by atoms with E-state index < -0.39 is 0 Å². The van der Waals surface area contributed by atoms with E-state index in [1.165, 1.54) is 5.56 Å². The first-order chi connectivity index (χ1) is 9.06. The monoisotopic (exact) mass is 253 g/mol. The highest BCUT2D eigenvalue weighted by atomic mass is 16.1. The van der Waals surface area contributed by atoms with E-state index in [1.54, 1.807) is 24.3 Å². The summed E-state index contributed by atoms with van der Waals surface area (Å²) in [5.41, 5.74) is 8.90. The predicted molar refractivity (Wildman–Crippen MR) is 79.3 cm³/mol. The van der Waals surface area contributed by atoms with Crippen LogP contribution >= 0.6 is 0 Å². The number of hydrogen-bond acceptors (Lipinski definition) is 2. The van der Waals surface area contributed by atoms with E-state index in [0.717, 1.165) is 12.0 Å². The highest BCUT2D eigenvalue weighted by Gasteiger charge is 2.10. The first kappa shape index (κ1) is 13.3. The van der Waals surface area contributed by atoms with Gasteiger partial charge >= 0.3 is 0 Å². The van der Waals surface area contributed by atoms with Crippen molar-refractivity contribution in [1.29, 1.82) is 0 Å². The van der Waals surface area contributed by atoms with Crippen LogP contribution in [-0.2, 0) is 6.42 Å². The summed E-state index contributed by atoms with van der Waals surface area (Å²) < 4.78 is 0. The molecule has 2 nitrogen and oxygen atoms in total. The molecule has 0 saturated heterocycles. The van der Waals surface area contributed by atoms with E-state index in [1.807, 2.05) is 18.2 Å². The summed E-state index contributed by atoms with van der Waals surface area (Å²) in [4.78, 5) is 12.4. The van der Waals surface area contributed by atoms with Gasteiger partial charge in [-0.15, -0.1) is 0 Å². The molecule has 2 aromatic rings. The minimum atomic E-state index is 0.0258. The fraction of sp³-hybridized carbons (Fsp3) is 0.235. The molecule has 0 bridgehead atoms. The Labute approximate surface area is 114 Å². The molecule has 98 valence electrons. The van der Waals surface area contributed by atoms with Crippen LogP contribution in [0.25, 0.3) is 0 Å². The lowest BCUT2D eigenvalue weighted by atomic mass is 9.97. The summed E-state index contributed by atoms with van der Waals surface area (Å²) in [5, 5.41) is 0. The first-order valence-electron chi connectivity index (χ1n) is 6.55. The van der Waals surface area contributed by atoms with Crippen molar-refractivity contribution in [2.75, 3.05) is 5.73 Å². The Bertz CT molecular complexity index is 587. The lowest BCUT2D eigenvalue weighted by molar-refractivity contribution is 0.103. The molecule has 0 aliphatic rings. The average Bonchev–Trinajstić information content (AvgIpc) is 2.37. The molecule has 2 aromatic carbocycles. The van der Waals surface area contributed by atoms with Gasteiger partial charge in [0.25, 0.3) is 0 Å². The van der Waals surface area contributed by atoms with E-state index in [0.29, 0.717) is 17.2 Å². The number of anilines is 1. The fourth-order valence-electron chi connectivity index (χ4n) is 2.16. The van der Waals surface area contributed by atoms with Crippen LogP contribution in [0.4, 0.5) is 5.69 Å². The van der Waals surface area contributed by atoms with Crippen molar-refractivity contribution in [1.82, 2.24) is 0 Å². The Balaban J connectivity index is 2.29. The number of ketones is 1. The molecule has 0 aliphatic heterocycles. The zero-order valence-corrected chi connectivity index (χ0v) is 11.4. The van der Waals surface area contributed by atoms with Gasteiger partial charge in [0.1, 0.15) is 0 Å². The van der Waals surface area contributed by atoms with Crippen LogP contribution in [-0.4, -0.2) is 5.78 Å². The Morgan fingerprint density at radius 1 is 1.05 bits per heavy atom. The second-order valence-electron chi connectivity index (χ2n) is 5.25. The quantitative estimate of drug-likeness (QED) is 0.667. The summed E-state index contributed by atoms with van der Waals surface area (Å²) in [6, 6.07) is 15.0. The van der Waals surface area contributed by atoms with Gasteiger partial charge in [0.05, 0.1) is 0 Å². The van der Waals surface area contributed by atoms with Crippen LogP contribution in [0.1, 0.15) is 35.3 Å². The molecule has 0 spiro atoms. The summed E-state index contributed by atoms with van der Waals surface area (Å²) in [6.07, 6.45) is 0.984. The lowest BCUT2D eigenvalue weighted by Crippen LogP contribution is -2.03. The average molecular weight is 253 g/mol. The van der Waals surface area contributed by atoms with Gasteiger partial charge in [0, 0.05) is 16.8 Å². The molecule has 2 heteroatoms. The minimum Gasteiger partial charge on any atom is -0.399 e. The van der Waals surface area contributed by atoms with Crippen molar-refractivity contribution in [3.8, 4) is 0 Å². The highest BCUT2D eigenvalue weighted by molar-refractivity contribution is 6.09. The molecule has 0 atom stereocenters. The number of carbonyl (C=O) groups is 1. The summed E-state index contributed by atoms with van der Waals surface area (Å²) in [7, 11) is 0. The van der Waals surface area contributed by atoms with Crippen molar-refractivity contribution < 1.29 is 4.79 Å². The standard InChI is InChI=1S/C17H19NO/c1-12(2)9-13-5-3-6-14(10-13)17(19)15-7-4-8-16(18)11-15/h3-8,10-12H,9,18H2,1-2H3. The summed E-state index contributed by atoms with van der Waals surface area (Å²) in [6.45, 7) is 4.35. The SMILES string of the molecule is CC(C)Cc1cccc(C(=O)c2cccc(N)c2)c1. The third kappa shape index (κ3) is 3.44. The van der Waals surface area contributed by atoms with Gasteiger partial charge in [-0.2, -0.15) is 0 Å². The van der Waals surface area contributed by atoms with Crippen LogP contribution in [0.2, 0.25) is 0 Å². The molecule has 0 unspecified atom stereocenters. The molecule has 0 amide bonds. The normalized spacial score (nSPS) is 10.7. The number of rotatable bonds is 4. The third-order valence-corrected chi connectivity index (χ3v) is 2.98. The summed E-state index contributed by atoms with van der Waals surface area (Å²) in [5.74, 6) is 0.607. The van der Waals surface area contributed by atoms with Gasteiger partial charge < -0.3 is 5.73 Å². The van der Waals surface area contributed by atoms with Crippen molar-refractivity contribution in [3.63, 3.8) is 0 Å². The molecule has 2 rings (SSSR count). The van der Waals surface area contributed by atoms with Gasteiger partial charge in [0.15, 0.2) is 5.78 Å². The van der Waals surface area contributed by atoms with Gasteiger partial charge in [-0.25, -0.2) is 0 Å². The first-order valence-corrected chi connectivity index (χ1v) is 6.55. The predicted octanol–water partition coefficient (Wildman–Crippen LogP) is 3.70. The Kier molecular flexibility index (Phi) is 4.00. The smallest absolute Gasteiger partial charge is 0.193 e. The molecule has 0 saturated carbocycles. The zero-order valence-electron chi connectivity index (χ0n) is 11.4. The molecule has 0 heterocycles. The molecule has 2 N–H and O–H groups in total. The van der Waals surface area contributed by atoms with Gasteiger partial charge in [-0.3, -0.25) is 4.79 Å². The molecular formula is C17H19NO. The number of benzene rings is 2. The van der Waals surface area contributed by atoms with E-state index in [-0.39, 0.29) is 5.78 Å². The van der Waals surface area contributed by atoms with Crippen LogP contribution < -0.4 is 5.73 Å². The number of nitrogen functional groups attached to an aromatic ring is 1. The van der Waals surface area contributed by atoms with E-state index in [4.69, 9.17) is 5.73 Å². The molecule has 19 heavy (non-hydrogen) atoms. The maximum Gasteiger partial charge on any atom is 0.193 e. The van der Waals surface area contributed by atoms with Crippen molar-refractivity contribution >= 4 is 11.5 Å². The van der Waals surface area contributed by atoms with E-state index in [9.17, 15) is 4.79 Å². The van der Waals surface area contributed by atoms with Crippen molar-refractivity contribution in [2.24, 2.45) is 5.92 Å². The van der Waals surface area contributed by atoms with E-state index in [2.05, 4.69) is 19.9 Å². The lowest BCUT2D eigenvalue weighted by Gasteiger charge is -2.07. The molecule has 0 aliphatic carbocycles. The fourth-order valence-corrected chi connectivity index (χ4v) is 2.16. The Hall–Kier alpha value is -2.09. The maximum absolute atomic E-state index is 12.4.